The van der Waals surface area contributed by atoms with Gasteiger partial charge >= 0.3 is 0 Å². The number of aryl methyl sites for hydroxylation is 1. The van der Waals surface area contributed by atoms with E-state index in [2.05, 4.69) is 10.3 Å². The molecule has 1 atom stereocenters. The Morgan fingerprint density at radius 3 is 2.54 bits per heavy atom. The van der Waals surface area contributed by atoms with E-state index in [1.165, 1.54) is 5.56 Å². The molecule has 2 aromatic carbocycles. The average molecular weight is 319 g/mol. The molecule has 122 valence electrons. The average Bonchev–Trinajstić information content (AvgIpc) is 3.16. The molecule has 1 heterocycles. The summed E-state index contributed by atoms with van der Waals surface area (Å²) in [5.41, 5.74) is 3.33. The Morgan fingerprint density at radius 1 is 1.12 bits per heavy atom. The van der Waals surface area contributed by atoms with E-state index in [0.717, 1.165) is 17.7 Å². The van der Waals surface area contributed by atoms with Crippen molar-refractivity contribution in [2.75, 3.05) is 0 Å². The normalized spacial score (nSPS) is 11.9. The molecule has 0 saturated heterocycles. The Labute approximate surface area is 142 Å². The molecule has 0 bridgehead atoms. The lowest BCUT2D eigenvalue weighted by atomic mass is 10.1. The molecule has 0 spiro atoms. The van der Waals surface area contributed by atoms with E-state index in [1.54, 1.807) is 12.5 Å². The first kappa shape index (κ1) is 16.0. The van der Waals surface area contributed by atoms with E-state index in [0.29, 0.717) is 6.42 Å². The predicted octanol–water partition coefficient (Wildman–Crippen LogP) is 3.68. The molecular weight excluding hydrogens is 298 g/mol. The molecule has 1 aromatic heterocycles. The zero-order valence-electron chi connectivity index (χ0n) is 13.7. The Hall–Kier alpha value is -2.88. The minimum absolute atomic E-state index is 0.00916. The van der Waals surface area contributed by atoms with Gasteiger partial charge in [0.05, 0.1) is 12.4 Å². The number of hydrogen-bond acceptors (Lipinski definition) is 2. The molecule has 3 rings (SSSR count). The van der Waals surface area contributed by atoms with Gasteiger partial charge in [-0.1, -0.05) is 42.5 Å². The maximum atomic E-state index is 12.1. The van der Waals surface area contributed by atoms with Gasteiger partial charge in [0.2, 0.25) is 5.91 Å². The van der Waals surface area contributed by atoms with Crippen molar-refractivity contribution in [1.82, 2.24) is 14.9 Å². The fourth-order valence-electron chi connectivity index (χ4n) is 2.65. The number of aromatic nitrogens is 2. The van der Waals surface area contributed by atoms with Crippen LogP contribution in [0.5, 0.6) is 0 Å². The highest BCUT2D eigenvalue weighted by Crippen LogP contribution is 2.16. The molecule has 1 amide bonds. The second-order valence-corrected chi connectivity index (χ2v) is 5.84. The van der Waals surface area contributed by atoms with Crippen molar-refractivity contribution in [3.05, 3.63) is 84.4 Å². The highest BCUT2D eigenvalue weighted by atomic mass is 16.1. The van der Waals surface area contributed by atoms with Crippen molar-refractivity contribution in [2.24, 2.45) is 0 Å². The van der Waals surface area contributed by atoms with E-state index in [4.69, 9.17) is 0 Å². The standard InChI is InChI=1S/C20H21N3O/c1-16(22-20(24)12-7-17-5-3-2-4-6-17)18-8-10-19(11-9-18)23-14-13-21-15-23/h2-6,8-11,13-16H,7,12H2,1H3,(H,22,24). The minimum Gasteiger partial charge on any atom is -0.350 e. The summed E-state index contributed by atoms with van der Waals surface area (Å²) in [4.78, 5) is 16.2. The third-order valence-electron chi connectivity index (χ3n) is 4.06. The first-order valence-electron chi connectivity index (χ1n) is 8.14. The van der Waals surface area contributed by atoms with Gasteiger partial charge in [0, 0.05) is 24.5 Å². The lowest BCUT2D eigenvalue weighted by Crippen LogP contribution is -2.26. The van der Waals surface area contributed by atoms with Crippen LogP contribution in [0.15, 0.2) is 73.3 Å². The smallest absolute Gasteiger partial charge is 0.220 e. The summed E-state index contributed by atoms with van der Waals surface area (Å²) in [7, 11) is 0. The summed E-state index contributed by atoms with van der Waals surface area (Å²) < 4.78 is 1.95. The highest BCUT2D eigenvalue weighted by molar-refractivity contribution is 5.76. The number of benzene rings is 2. The molecule has 4 nitrogen and oxygen atoms in total. The molecule has 3 aromatic rings. The fraction of sp³-hybridized carbons (Fsp3) is 0.200. The van der Waals surface area contributed by atoms with E-state index in [9.17, 15) is 4.79 Å². The molecule has 1 unspecified atom stereocenters. The molecule has 1 N–H and O–H groups in total. The lowest BCUT2D eigenvalue weighted by molar-refractivity contribution is -0.121. The van der Waals surface area contributed by atoms with Crippen molar-refractivity contribution in [3.8, 4) is 5.69 Å². The van der Waals surface area contributed by atoms with E-state index >= 15 is 0 Å². The number of nitrogens with zero attached hydrogens (tertiary/aromatic N) is 2. The maximum Gasteiger partial charge on any atom is 0.220 e. The van der Waals surface area contributed by atoms with Crippen LogP contribution < -0.4 is 5.32 Å². The molecular formula is C20H21N3O. The van der Waals surface area contributed by atoms with Crippen LogP contribution >= 0.6 is 0 Å². The Balaban J connectivity index is 1.54. The van der Waals surface area contributed by atoms with Gasteiger partial charge in [0.15, 0.2) is 0 Å². The molecule has 4 heteroatoms. The number of carbonyl (C=O) groups excluding carboxylic acids is 1. The first-order valence-corrected chi connectivity index (χ1v) is 8.14. The summed E-state index contributed by atoms with van der Waals surface area (Å²) in [5, 5.41) is 3.06. The third-order valence-corrected chi connectivity index (χ3v) is 4.06. The minimum atomic E-state index is -0.00916. The maximum absolute atomic E-state index is 12.1. The van der Waals surface area contributed by atoms with Gasteiger partial charge in [-0.05, 0) is 36.6 Å². The molecule has 0 fully saturated rings. The molecule has 0 saturated carbocycles. The number of imidazole rings is 1. The predicted molar refractivity (Wildman–Crippen MR) is 94.9 cm³/mol. The van der Waals surface area contributed by atoms with Gasteiger partial charge in [-0.25, -0.2) is 4.98 Å². The Kier molecular flexibility index (Phi) is 5.06. The van der Waals surface area contributed by atoms with E-state index in [1.807, 2.05) is 72.3 Å². The monoisotopic (exact) mass is 319 g/mol. The number of hydrogen-bond donors (Lipinski definition) is 1. The first-order chi connectivity index (χ1) is 11.7. The van der Waals surface area contributed by atoms with Crippen LogP contribution in [0, 0.1) is 0 Å². The van der Waals surface area contributed by atoms with Crippen molar-refractivity contribution in [1.29, 1.82) is 0 Å². The van der Waals surface area contributed by atoms with E-state index in [-0.39, 0.29) is 11.9 Å². The molecule has 0 radical (unpaired) electrons. The third kappa shape index (κ3) is 4.10. The summed E-state index contributed by atoms with van der Waals surface area (Å²) in [5.74, 6) is 0.0741. The van der Waals surface area contributed by atoms with Crippen molar-refractivity contribution in [3.63, 3.8) is 0 Å². The topological polar surface area (TPSA) is 46.9 Å². The van der Waals surface area contributed by atoms with Gasteiger partial charge in [0.1, 0.15) is 0 Å². The molecule has 0 aliphatic heterocycles. The van der Waals surface area contributed by atoms with Crippen LogP contribution in [0.3, 0.4) is 0 Å². The van der Waals surface area contributed by atoms with Gasteiger partial charge in [-0.2, -0.15) is 0 Å². The van der Waals surface area contributed by atoms with Crippen LogP contribution in [0.25, 0.3) is 5.69 Å². The molecule has 24 heavy (non-hydrogen) atoms. The number of rotatable bonds is 6. The summed E-state index contributed by atoms with van der Waals surface area (Å²) in [6, 6.07) is 18.2. The number of amides is 1. The van der Waals surface area contributed by atoms with E-state index < -0.39 is 0 Å². The van der Waals surface area contributed by atoms with Crippen molar-refractivity contribution in [2.45, 2.75) is 25.8 Å². The second kappa shape index (κ2) is 7.59. The second-order valence-electron chi connectivity index (χ2n) is 5.84. The van der Waals surface area contributed by atoms with Crippen LogP contribution in [-0.2, 0) is 11.2 Å². The number of nitrogens with one attached hydrogen (secondary N) is 1. The van der Waals surface area contributed by atoms with Crippen LogP contribution in [0.4, 0.5) is 0 Å². The van der Waals surface area contributed by atoms with Gasteiger partial charge < -0.3 is 9.88 Å². The largest absolute Gasteiger partial charge is 0.350 e. The fourth-order valence-corrected chi connectivity index (χ4v) is 2.65. The van der Waals surface area contributed by atoms with Crippen LogP contribution in [0.2, 0.25) is 0 Å². The van der Waals surface area contributed by atoms with Crippen LogP contribution in [0.1, 0.15) is 30.5 Å². The summed E-state index contributed by atoms with van der Waals surface area (Å²) >= 11 is 0. The highest BCUT2D eigenvalue weighted by Gasteiger charge is 2.10. The quantitative estimate of drug-likeness (QED) is 0.753. The molecule has 0 aliphatic rings. The zero-order chi connectivity index (χ0) is 16.8. The SMILES string of the molecule is CC(NC(=O)CCc1ccccc1)c1ccc(-n2ccnc2)cc1. The van der Waals surface area contributed by atoms with Crippen molar-refractivity contribution < 1.29 is 4.79 Å². The molecule has 0 aliphatic carbocycles. The van der Waals surface area contributed by atoms with Crippen LogP contribution in [-0.4, -0.2) is 15.5 Å². The van der Waals surface area contributed by atoms with Crippen molar-refractivity contribution >= 4 is 5.91 Å². The Bertz CT molecular complexity index is 764. The summed E-state index contributed by atoms with van der Waals surface area (Å²) in [6.07, 6.45) is 6.69. The Morgan fingerprint density at radius 2 is 1.88 bits per heavy atom. The van der Waals surface area contributed by atoms with Gasteiger partial charge in [0.25, 0.3) is 0 Å². The van der Waals surface area contributed by atoms with Gasteiger partial charge in [-0.15, -0.1) is 0 Å². The van der Waals surface area contributed by atoms with Gasteiger partial charge in [-0.3, -0.25) is 4.79 Å². The lowest BCUT2D eigenvalue weighted by Gasteiger charge is -2.15. The summed E-state index contributed by atoms with van der Waals surface area (Å²) in [6.45, 7) is 2.01. The number of carbonyl (C=O) groups is 1. The zero-order valence-corrected chi connectivity index (χ0v) is 13.7.